The lowest BCUT2D eigenvalue weighted by Gasteiger charge is -2.29. The minimum atomic E-state index is -4.29. The van der Waals surface area contributed by atoms with E-state index in [1.54, 1.807) is 0 Å². The average Bonchev–Trinajstić information content (AvgIpc) is 2.38. The highest BCUT2D eigenvalue weighted by Gasteiger charge is 2.30. The van der Waals surface area contributed by atoms with Crippen LogP contribution in [0.1, 0.15) is 49.8 Å². The number of alkyl halides is 3. The molecule has 0 spiro atoms. The maximum Gasteiger partial charge on any atom is 0.416 e. The first-order valence-corrected chi connectivity index (χ1v) is 6.97. The van der Waals surface area contributed by atoms with Crippen LogP contribution in [0.5, 0.6) is 0 Å². The summed E-state index contributed by atoms with van der Waals surface area (Å²) in [6.45, 7) is 1.93. The molecule has 20 heavy (non-hydrogen) atoms. The van der Waals surface area contributed by atoms with Gasteiger partial charge in [0.2, 0.25) is 0 Å². The van der Waals surface area contributed by atoms with E-state index in [-0.39, 0.29) is 18.2 Å². The van der Waals surface area contributed by atoms with Crippen molar-refractivity contribution in [2.45, 2.75) is 57.0 Å². The van der Waals surface area contributed by atoms with Crippen molar-refractivity contribution in [3.8, 4) is 0 Å². The van der Waals surface area contributed by atoms with Crippen LogP contribution in [0.25, 0.3) is 0 Å². The molecule has 0 aliphatic heterocycles. The molecule has 0 amide bonds. The normalized spacial score (nSPS) is 25.4. The number of benzene rings is 1. The van der Waals surface area contributed by atoms with E-state index in [0.29, 0.717) is 6.42 Å². The first-order chi connectivity index (χ1) is 9.36. The van der Waals surface area contributed by atoms with Crippen LogP contribution in [0.2, 0.25) is 0 Å². The number of nitrogens with one attached hydrogen (secondary N) is 1. The van der Waals surface area contributed by atoms with E-state index in [1.807, 2.05) is 6.92 Å². The van der Waals surface area contributed by atoms with E-state index in [4.69, 9.17) is 0 Å². The molecule has 0 aromatic heterocycles. The van der Waals surface area contributed by atoms with E-state index in [0.717, 1.165) is 37.0 Å². The van der Waals surface area contributed by atoms with Crippen molar-refractivity contribution in [2.75, 3.05) is 0 Å². The monoisotopic (exact) mass is 287 g/mol. The molecule has 1 aliphatic rings. The third kappa shape index (κ3) is 3.96. The summed E-state index contributed by atoms with van der Waals surface area (Å²) in [4.78, 5) is 0. The Hall–Kier alpha value is -1.07. The Morgan fingerprint density at radius 2 is 1.85 bits per heavy atom. The number of hydrogen-bond acceptors (Lipinski definition) is 2. The summed E-state index contributed by atoms with van der Waals surface area (Å²) < 4.78 is 37.5. The van der Waals surface area contributed by atoms with Crippen LogP contribution >= 0.6 is 0 Å². The largest absolute Gasteiger partial charge is 0.416 e. The molecule has 112 valence electrons. The fraction of sp³-hybridized carbons (Fsp3) is 0.600. The van der Waals surface area contributed by atoms with Gasteiger partial charge in [0, 0.05) is 12.1 Å². The lowest BCUT2D eigenvalue weighted by atomic mass is 9.92. The Kier molecular flexibility index (Phi) is 4.70. The molecular weight excluding hydrogens is 267 g/mol. The van der Waals surface area contributed by atoms with Gasteiger partial charge in [-0.3, -0.25) is 0 Å². The van der Waals surface area contributed by atoms with E-state index in [1.165, 1.54) is 12.1 Å². The smallest absolute Gasteiger partial charge is 0.393 e. The van der Waals surface area contributed by atoms with Gasteiger partial charge in [-0.05, 0) is 50.3 Å². The molecule has 1 aromatic rings. The van der Waals surface area contributed by atoms with Crippen molar-refractivity contribution in [1.29, 1.82) is 0 Å². The molecule has 3 atom stereocenters. The van der Waals surface area contributed by atoms with Gasteiger partial charge in [0.1, 0.15) is 0 Å². The number of halogens is 3. The molecule has 2 N–H and O–H groups in total. The molecule has 5 heteroatoms. The van der Waals surface area contributed by atoms with Crippen LogP contribution in [0.15, 0.2) is 24.3 Å². The second-order valence-electron chi connectivity index (χ2n) is 5.53. The Morgan fingerprint density at radius 3 is 2.40 bits per heavy atom. The Bertz CT molecular complexity index is 430. The summed E-state index contributed by atoms with van der Waals surface area (Å²) >= 11 is 0. The first kappa shape index (κ1) is 15.3. The zero-order valence-electron chi connectivity index (χ0n) is 11.5. The minimum Gasteiger partial charge on any atom is -0.393 e. The van der Waals surface area contributed by atoms with E-state index in [2.05, 4.69) is 5.32 Å². The number of hydrogen-bond donors (Lipinski definition) is 2. The molecule has 2 nitrogen and oxygen atoms in total. The zero-order valence-corrected chi connectivity index (χ0v) is 11.5. The molecule has 1 fully saturated rings. The van der Waals surface area contributed by atoms with Crippen LogP contribution in [-0.4, -0.2) is 17.3 Å². The molecule has 0 heterocycles. The SMILES string of the molecule is CC(NC1CCCC(O)C1)c1ccc(C(F)(F)F)cc1. The van der Waals surface area contributed by atoms with Crippen LogP contribution < -0.4 is 5.32 Å². The summed E-state index contributed by atoms with van der Waals surface area (Å²) in [5.41, 5.74) is 0.208. The number of rotatable bonds is 3. The van der Waals surface area contributed by atoms with Crippen molar-refractivity contribution in [1.82, 2.24) is 5.32 Å². The third-order valence-corrected chi connectivity index (χ3v) is 3.87. The maximum absolute atomic E-state index is 12.5. The highest BCUT2D eigenvalue weighted by atomic mass is 19.4. The van der Waals surface area contributed by atoms with Gasteiger partial charge in [0.25, 0.3) is 0 Å². The van der Waals surface area contributed by atoms with Crippen molar-refractivity contribution >= 4 is 0 Å². The fourth-order valence-electron chi connectivity index (χ4n) is 2.73. The summed E-state index contributed by atoms with van der Waals surface area (Å²) in [5.74, 6) is 0. The van der Waals surface area contributed by atoms with Crippen LogP contribution in [0.4, 0.5) is 13.2 Å². The molecule has 1 saturated carbocycles. The molecule has 3 unspecified atom stereocenters. The van der Waals surface area contributed by atoms with E-state index in [9.17, 15) is 18.3 Å². The first-order valence-electron chi connectivity index (χ1n) is 6.97. The van der Waals surface area contributed by atoms with E-state index < -0.39 is 11.7 Å². The highest BCUT2D eigenvalue weighted by Crippen LogP contribution is 2.30. The van der Waals surface area contributed by atoms with Crippen molar-refractivity contribution in [2.24, 2.45) is 0 Å². The lowest BCUT2D eigenvalue weighted by Crippen LogP contribution is -2.37. The maximum atomic E-state index is 12.5. The zero-order chi connectivity index (χ0) is 14.8. The Labute approximate surface area is 117 Å². The van der Waals surface area contributed by atoms with Crippen LogP contribution in [0.3, 0.4) is 0 Å². The molecule has 0 radical (unpaired) electrons. The van der Waals surface area contributed by atoms with Gasteiger partial charge in [-0.1, -0.05) is 12.1 Å². The average molecular weight is 287 g/mol. The topological polar surface area (TPSA) is 32.3 Å². The quantitative estimate of drug-likeness (QED) is 0.889. The summed E-state index contributed by atoms with van der Waals surface area (Å²) in [6.07, 6.45) is -1.01. The second kappa shape index (κ2) is 6.14. The van der Waals surface area contributed by atoms with Crippen LogP contribution in [0, 0.1) is 0 Å². The number of aliphatic hydroxyl groups is 1. The van der Waals surface area contributed by atoms with Gasteiger partial charge in [-0.25, -0.2) is 0 Å². The van der Waals surface area contributed by atoms with Crippen molar-refractivity contribution < 1.29 is 18.3 Å². The van der Waals surface area contributed by atoms with Gasteiger partial charge in [0.05, 0.1) is 11.7 Å². The second-order valence-corrected chi connectivity index (χ2v) is 5.53. The molecule has 2 rings (SSSR count). The molecule has 0 bridgehead atoms. The fourth-order valence-corrected chi connectivity index (χ4v) is 2.73. The standard InChI is InChI=1S/C15H20F3NO/c1-10(19-13-3-2-4-14(20)9-13)11-5-7-12(8-6-11)15(16,17)18/h5-8,10,13-14,19-20H,2-4,9H2,1H3. The lowest BCUT2D eigenvalue weighted by molar-refractivity contribution is -0.137. The third-order valence-electron chi connectivity index (χ3n) is 3.87. The molecule has 1 aliphatic carbocycles. The molecular formula is C15H20F3NO. The summed E-state index contributed by atoms with van der Waals surface area (Å²) in [5, 5.41) is 13.0. The van der Waals surface area contributed by atoms with Gasteiger partial charge < -0.3 is 10.4 Å². The highest BCUT2D eigenvalue weighted by molar-refractivity contribution is 5.26. The van der Waals surface area contributed by atoms with Gasteiger partial charge in [0.15, 0.2) is 0 Å². The van der Waals surface area contributed by atoms with Gasteiger partial charge >= 0.3 is 6.18 Å². The molecule has 0 saturated heterocycles. The van der Waals surface area contributed by atoms with Gasteiger partial charge in [-0.2, -0.15) is 13.2 Å². The Morgan fingerprint density at radius 1 is 1.20 bits per heavy atom. The minimum absolute atomic E-state index is 0.0208. The number of aliphatic hydroxyl groups excluding tert-OH is 1. The van der Waals surface area contributed by atoms with Gasteiger partial charge in [-0.15, -0.1) is 0 Å². The van der Waals surface area contributed by atoms with Crippen molar-refractivity contribution in [3.05, 3.63) is 35.4 Å². The summed E-state index contributed by atoms with van der Waals surface area (Å²) in [7, 11) is 0. The Balaban J connectivity index is 1.97. The summed E-state index contributed by atoms with van der Waals surface area (Å²) in [6, 6.07) is 5.47. The predicted octanol–water partition coefficient (Wildman–Crippen LogP) is 3.66. The molecule has 1 aromatic carbocycles. The van der Waals surface area contributed by atoms with Crippen LogP contribution in [-0.2, 0) is 6.18 Å². The predicted molar refractivity (Wildman–Crippen MR) is 71.3 cm³/mol. The van der Waals surface area contributed by atoms with E-state index >= 15 is 0 Å². The van der Waals surface area contributed by atoms with Crippen molar-refractivity contribution in [3.63, 3.8) is 0 Å².